The summed E-state index contributed by atoms with van der Waals surface area (Å²) in [5, 5.41) is 14.3. The van der Waals surface area contributed by atoms with E-state index in [2.05, 4.69) is 74.3 Å². The molecule has 0 spiro atoms. The Hall–Kier alpha value is -2.82. The highest BCUT2D eigenvalue weighted by atomic mass is 16.3. The molecular weight excluding hydrogens is 374 g/mol. The Labute approximate surface area is 179 Å². The molecule has 0 aromatic heterocycles. The van der Waals surface area contributed by atoms with E-state index < -0.39 is 0 Å². The number of carbonyl (C=O) groups excluding carboxylic acids is 1. The van der Waals surface area contributed by atoms with Crippen LogP contribution in [0, 0.1) is 5.92 Å². The molecule has 30 heavy (non-hydrogen) atoms. The van der Waals surface area contributed by atoms with Crippen molar-refractivity contribution in [2.24, 2.45) is 11.0 Å². The number of hydrogen-bond donors (Lipinski definition) is 2. The van der Waals surface area contributed by atoms with E-state index in [4.69, 9.17) is 0 Å². The minimum absolute atomic E-state index is 0.0405. The molecule has 5 heteroatoms. The number of aromatic hydroxyl groups is 1. The van der Waals surface area contributed by atoms with Gasteiger partial charge in [0.1, 0.15) is 5.75 Å². The average molecular weight is 408 g/mol. The van der Waals surface area contributed by atoms with Crippen molar-refractivity contribution in [2.75, 3.05) is 18.0 Å². The first-order chi connectivity index (χ1) is 14.2. The molecule has 2 N–H and O–H groups in total. The molecule has 0 unspecified atom stereocenters. The molecule has 0 heterocycles. The number of benzene rings is 2. The lowest BCUT2D eigenvalue weighted by atomic mass is 9.86. The molecule has 2 aromatic rings. The second kappa shape index (κ2) is 8.90. The Balaban J connectivity index is 1.56. The number of carbonyl (C=O) groups is 1. The van der Waals surface area contributed by atoms with Crippen LogP contribution in [0.2, 0.25) is 0 Å². The predicted molar refractivity (Wildman–Crippen MR) is 123 cm³/mol. The molecule has 1 amide bonds. The van der Waals surface area contributed by atoms with Crippen molar-refractivity contribution in [3.05, 3.63) is 59.2 Å². The molecule has 0 radical (unpaired) electrons. The van der Waals surface area contributed by atoms with Gasteiger partial charge in [0.25, 0.3) is 0 Å². The maximum atomic E-state index is 12.4. The number of rotatable bonds is 7. The Morgan fingerprint density at radius 3 is 2.40 bits per heavy atom. The number of phenols is 1. The minimum atomic E-state index is -0.0737. The number of nitrogens with one attached hydrogen (secondary N) is 1. The minimum Gasteiger partial charge on any atom is -0.507 e. The zero-order chi connectivity index (χ0) is 21.9. The zero-order valence-corrected chi connectivity index (χ0v) is 18.6. The van der Waals surface area contributed by atoms with Gasteiger partial charge >= 0.3 is 0 Å². The van der Waals surface area contributed by atoms with Crippen molar-refractivity contribution in [3.63, 3.8) is 0 Å². The number of anilines is 1. The summed E-state index contributed by atoms with van der Waals surface area (Å²) in [4.78, 5) is 14.6. The molecule has 0 saturated heterocycles. The second-order valence-corrected chi connectivity index (χ2v) is 8.97. The van der Waals surface area contributed by atoms with Gasteiger partial charge in [0.05, 0.1) is 6.21 Å². The van der Waals surface area contributed by atoms with Crippen molar-refractivity contribution in [1.82, 2.24) is 5.43 Å². The van der Waals surface area contributed by atoms with Gasteiger partial charge in [-0.25, -0.2) is 5.43 Å². The molecule has 2 aromatic carbocycles. The van der Waals surface area contributed by atoms with E-state index in [-0.39, 0.29) is 28.9 Å². The van der Waals surface area contributed by atoms with Crippen LogP contribution < -0.4 is 10.3 Å². The van der Waals surface area contributed by atoms with Crippen LogP contribution in [0.4, 0.5) is 5.69 Å². The van der Waals surface area contributed by atoms with Gasteiger partial charge in [-0.3, -0.25) is 4.79 Å². The third kappa shape index (κ3) is 5.02. The molecule has 1 aliphatic rings. The van der Waals surface area contributed by atoms with Gasteiger partial charge in [-0.1, -0.05) is 45.0 Å². The summed E-state index contributed by atoms with van der Waals surface area (Å²) in [6.45, 7) is 12.5. The monoisotopic (exact) mass is 407 g/mol. The largest absolute Gasteiger partial charge is 0.507 e. The lowest BCUT2D eigenvalue weighted by Gasteiger charge is -2.21. The van der Waals surface area contributed by atoms with E-state index >= 15 is 0 Å². The fourth-order valence-corrected chi connectivity index (χ4v) is 3.76. The summed E-state index contributed by atoms with van der Waals surface area (Å²) in [7, 11) is 0. The summed E-state index contributed by atoms with van der Waals surface area (Å²) in [5.74, 6) is 0.299. The highest BCUT2D eigenvalue weighted by Crippen LogP contribution is 2.47. The van der Waals surface area contributed by atoms with Gasteiger partial charge in [-0.2, -0.15) is 5.10 Å². The van der Waals surface area contributed by atoms with Crippen molar-refractivity contribution < 1.29 is 9.90 Å². The van der Waals surface area contributed by atoms with Gasteiger partial charge < -0.3 is 10.0 Å². The Morgan fingerprint density at radius 2 is 1.83 bits per heavy atom. The number of phenolic OH excluding ortho intramolecular Hbond substituents is 1. The lowest BCUT2D eigenvalue weighted by Crippen LogP contribution is -2.21. The van der Waals surface area contributed by atoms with Gasteiger partial charge in [0, 0.05) is 36.3 Å². The first-order valence-electron chi connectivity index (χ1n) is 10.8. The second-order valence-electron chi connectivity index (χ2n) is 8.97. The normalized spacial score (nSPS) is 18.4. The molecule has 0 bridgehead atoms. The smallest absolute Gasteiger partial charge is 0.243 e. The molecule has 3 rings (SSSR count). The van der Waals surface area contributed by atoms with E-state index in [9.17, 15) is 9.90 Å². The quantitative estimate of drug-likeness (QED) is 0.512. The number of amides is 1. The fraction of sp³-hybridized carbons (Fsp3) is 0.440. The van der Waals surface area contributed by atoms with Crippen LogP contribution in [0.3, 0.4) is 0 Å². The van der Waals surface area contributed by atoms with E-state index in [0.29, 0.717) is 5.56 Å². The molecular formula is C25H33N3O2. The molecule has 1 fully saturated rings. The SMILES string of the molecule is CCN(CC)c1ccc(/C=N\NC(=O)[C@H]2C[C@H]2c2ccc(C(C)(C)C)cc2)c(O)c1. The van der Waals surface area contributed by atoms with E-state index in [1.54, 1.807) is 6.07 Å². The maximum Gasteiger partial charge on any atom is 0.243 e. The van der Waals surface area contributed by atoms with Gasteiger partial charge in [-0.15, -0.1) is 0 Å². The van der Waals surface area contributed by atoms with Gasteiger partial charge in [0.2, 0.25) is 5.91 Å². The van der Waals surface area contributed by atoms with Crippen LogP contribution in [0.1, 0.15) is 63.6 Å². The van der Waals surface area contributed by atoms with Crippen molar-refractivity contribution in [1.29, 1.82) is 0 Å². The van der Waals surface area contributed by atoms with Crippen LogP contribution in [-0.2, 0) is 10.2 Å². The van der Waals surface area contributed by atoms with Crippen LogP contribution in [0.5, 0.6) is 5.75 Å². The standard InChI is InChI=1S/C25H33N3O2/c1-6-28(7-2)20-13-10-18(23(29)14-20)16-26-27-24(30)22-15-21(22)17-8-11-19(12-9-17)25(3,4)5/h8-14,16,21-22,29H,6-7,15H2,1-5H3,(H,27,30)/b26-16-/t21-,22-/m0/s1. The third-order valence-electron chi connectivity index (χ3n) is 5.85. The highest BCUT2D eigenvalue weighted by Gasteiger charge is 2.44. The third-order valence-corrected chi connectivity index (χ3v) is 5.85. The Kier molecular flexibility index (Phi) is 6.49. The van der Waals surface area contributed by atoms with E-state index in [0.717, 1.165) is 25.2 Å². The summed E-state index contributed by atoms with van der Waals surface area (Å²) in [6, 6.07) is 14.1. The Bertz CT molecular complexity index is 909. The predicted octanol–water partition coefficient (Wildman–Crippen LogP) is 4.79. The van der Waals surface area contributed by atoms with Gasteiger partial charge in [-0.05, 0) is 54.9 Å². The van der Waals surface area contributed by atoms with Crippen LogP contribution in [-0.4, -0.2) is 30.3 Å². The van der Waals surface area contributed by atoms with Crippen LogP contribution in [0.15, 0.2) is 47.6 Å². The molecule has 1 saturated carbocycles. The van der Waals surface area contributed by atoms with Crippen LogP contribution >= 0.6 is 0 Å². The topological polar surface area (TPSA) is 64.9 Å². The summed E-state index contributed by atoms with van der Waals surface area (Å²) in [6.07, 6.45) is 2.34. The van der Waals surface area contributed by atoms with Crippen molar-refractivity contribution in [2.45, 2.75) is 52.4 Å². The fourth-order valence-electron chi connectivity index (χ4n) is 3.76. The maximum absolute atomic E-state index is 12.4. The molecule has 0 aliphatic heterocycles. The van der Waals surface area contributed by atoms with Crippen molar-refractivity contribution in [3.8, 4) is 5.75 Å². The highest BCUT2D eigenvalue weighted by molar-refractivity contribution is 5.87. The summed E-state index contributed by atoms with van der Waals surface area (Å²) in [5.41, 5.74) is 6.80. The zero-order valence-electron chi connectivity index (χ0n) is 18.6. The first kappa shape index (κ1) is 21.9. The number of hydrogen-bond acceptors (Lipinski definition) is 4. The molecule has 160 valence electrons. The number of hydrazone groups is 1. The molecule has 2 atom stereocenters. The molecule has 1 aliphatic carbocycles. The van der Waals surface area contributed by atoms with Crippen LogP contribution in [0.25, 0.3) is 0 Å². The lowest BCUT2D eigenvalue weighted by molar-refractivity contribution is -0.122. The van der Waals surface area contributed by atoms with E-state index in [1.807, 2.05) is 12.1 Å². The van der Waals surface area contributed by atoms with Crippen molar-refractivity contribution >= 4 is 17.8 Å². The molecule has 5 nitrogen and oxygen atoms in total. The number of nitrogens with zero attached hydrogens (tertiary/aromatic N) is 2. The summed E-state index contributed by atoms with van der Waals surface area (Å²) >= 11 is 0. The summed E-state index contributed by atoms with van der Waals surface area (Å²) < 4.78 is 0. The van der Waals surface area contributed by atoms with Gasteiger partial charge in [0.15, 0.2) is 0 Å². The Morgan fingerprint density at radius 1 is 1.17 bits per heavy atom. The average Bonchev–Trinajstić information content (AvgIpc) is 3.51. The van der Waals surface area contributed by atoms with E-state index in [1.165, 1.54) is 17.3 Å². The first-order valence-corrected chi connectivity index (χ1v) is 10.8.